The van der Waals surface area contributed by atoms with Crippen LogP contribution in [0.5, 0.6) is 0 Å². The standard InChI is InChI=1S/C14H20FNO3S/c1-10(17)16(8-5-9-20)13(14(18)19-2)11-6-3-4-7-12(11)15/h3-4,6-7,10,13,17,20H,5,8-9H2,1-2H3/t10?,13-/m0/s1. The number of carbonyl (C=O) groups is 1. The largest absolute Gasteiger partial charge is 0.468 e. The molecule has 0 bridgehead atoms. The van der Waals surface area contributed by atoms with Gasteiger partial charge in [-0.25, -0.2) is 9.18 Å². The summed E-state index contributed by atoms with van der Waals surface area (Å²) in [7, 11) is 1.25. The molecule has 4 nitrogen and oxygen atoms in total. The van der Waals surface area contributed by atoms with Crippen LogP contribution >= 0.6 is 12.6 Å². The van der Waals surface area contributed by atoms with Gasteiger partial charge in [0.05, 0.1) is 7.11 Å². The van der Waals surface area contributed by atoms with Crippen LogP contribution in [0.2, 0.25) is 0 Å². The SMILES string of the molecule is COC(=O)[C@H](c1ccccc1F)N(CCCS)C(C)O. The second kappa shape index (κ2) is 8.24. The number of aliphatic hydroxyl groups is 1. The fourth-order valence-electron chi connectivity index (χ4n) is 2.03. The summed E-state index contributed by atoms with van der Waals surface area (Å²) >= 11 is 4.12. The minimum absolute atomic E-state index is 0.194. The summed E-state index contributed by atoms with van der Waals surface area (Å²) in [6.07, 6.45) is -0.241. The molecule has 0 spiro atoms. The van der Waals surface area contributed by atoms with E-state index in [1.54, 1.807) is 12.1 Å². The maximum absolute atomic E-state index is 14.0. The van der Waals surface area contributed by atoms with E-state index in [9.17, 15) is 14.3 Å². The molecule has 6 heteroatoms. The predicted octanol–water partition coefficient (Wildman–Crippen LogP) is 2.00. The van der Waals surface area contributed by atoms with Crippen molar-refractivity contribution in [3.8, 4) is 0 Å². The van der Waals surface area contributed by atoms with Crippen molar-refractivity contribution >= 4 is 18.6 Å². The summed E-state index contributed by atoms with van der Waals surface area (Å²) in [5.74, 6) is -0.497. The van der Waals surface area contributed by atoms with Crippen LogP contribution in [-0.2, 0) is 9.53 Å². The van der Waals surface area contributed by atoms with Gasteiger partial charge in [-0.05, 0) is 25.2 Å². The van der Waals surface area contributed by atoms with Crippen LogP contribution in [0.25, 0.3) is 0 Å². The van der Waals surface area contributed by atoms with Crippen molar-refractivity contribution in [2.24, 2.45) is 0 Å². The second-order valence-corrected chi connectivity index (χ2v) is 4.84. The molecule has 0 radical (unpaired) electrons. The Morgan fingerprint density at radius 1 is 1.50 bits per heavy atom. The molecule has 1 N–H and O–H groups in total. The van der Waals surface area contributed by atoms with E-state index in [1.807, 2.05) is 0 Å². The molecular formula is C14H20FNO3S. The zero-order chi connectivity index (χ0) is 15.1. The molecule has 0 aromatic heterocycles. The molecule has 112 valence electrons. The van der Waals surface area contributed by atoms with Gasteiger partial charge in [-0.15, -0.1) is 0 Å². The molecule has 0 aliphatic carbocycles. The molecule has 0 aliphatic rings. The number of ether oxygens (including phenoxy) is 1. The zero-order valence-electron chi connectivity index (χ0n) is 11.6. The first-order valence-corrected chi connectivity index (χ1v) is 7.03. The van der Waals surface area contributed by atoms with Gasteiger partial charge in [0.1, 0.15) is 18.1 Å². The predicted molar refractivity (Wildman–Crippen MR) is 78.0 cm³/mol. The molecule has 1 rings (SSSR count). The fourth-order valence-corrected chi connectivity index (χ4v) is 2.18. The van der Waals surface area contributed by atoms with Crippen LogP contribution in [0.15, 0.2) is 24.3 Å². The van der Waals surface area contributed by atoms with Crippen LogP contribution in [0.3, 0.4) is 0 Å². The van der Waals surface area contributed by atoms with E-state index in [-0.39, 0.29) is 5.56 Å². The molecule has 0 aliphatic heterocycles. The number of carbonyl (C=O) groups excluding carboxylic acids is 1. The van der Waals surface area contributed by atoms with E-state index in [1.165, 1.54) is 31.1 Å². The summed E-state index contributed by atoms with van der Waals surface area (Å²) in [5.41, 5.74) is 0.194. The van der Waals surface area contributed by atoms with Gasteiger partial charge in [-0.2, -0.15) is 12.6 Å². The third kappa shape index (κ3) is 4.19. The molecule has 20 heavy (non-hydrogen) atoms. The lowest BCUT2D eigenvalue weighted by molar-refractivity contribution is -0.152. The Morgan fingerprint density at radius 2 is 2.15 bits per heavy atom. The highest BCUT2D eigenvalue weighted by Crippen LogP contribution is 2.26. The number of hydrogen-bond acceptors (Lipinski definition) is 5. The van der Waals surface area contributed by atoms with Gasteiger partial charge in [0.25, 0.3) is 0 Å². The zero-order valence-corrected chi connectivity index (χ0v) is 12.5. The fraction of sp³-hybridized carbons (Fsp3) is 0.500. The van der Waals surface area contributed by atoms with Crippen LogP contribution in [0.1, 0.15) is 24.9 Å². The van der Waals surface area contributed by atoms with E-state index in [2.05, 4.69) is 12.6 Å². The molecule has 0 saturated heterocycles. The first kappa shape index (κ1) is 16.9. The van der Waals surface area contributed by atoms with E-state index >= 15 is 0 Å². The third-order valence-electron chi connectivity index (χ3n) is 3.01. The van der Waals surface area contributed by atoms with Gasteiger partial charge in [0, 0.05) is 12.1 Å². The molecule has 0 heterocycles. The van der Waals surface area contributed by atoms with Crippen molar-refractivity contribution in [2.75, 3.05) is 19.4 Å². The quantitative estimate of drug-likeness (QED) is 0.459. The molecule has 0 fully saturated rings. The van der Waals surface area contributed by atoms with Crippen LogP contribution in [0, 0.1) is 5.82 Å². The Labute approximate surface area is 124 Å². The maximum Gasteiger partial charge on any atom is 0.327 e. The summed E-state index contributed by atoms with van der Waals surface area (Å²) in [4.78, 5) is 13.5. The van der Waals surface area contributed by atoms with Crippen molar-refractivity contribution in [1.29, 1.82) is 0 Å². The molecule has 0 amide bonds. The monoisotopic (exact) mass is 301 g/mol. The number of thiol groups is 1. The Hall–Kier alpha value is -1.11. The Morgan fingerprint density at radius 3 is 2.65 bits per heavy atom. The highest BCUT2D eigenvalue weighted by molar-refractivity contribution is 7.80. The Balaban J connectivity index is 3.16. The number of hydrogen-bond donors (Lipinski definition) is 2. The molecule has 2 atom stereocenters. The molecule has 1 aromatic carbocycles. The lowest BCUT2D eigenvalue weighted by Crippen LogP contribution is -2.42. The first-order valence-electron chi connectivity index (χ1n) is 6.39. The highest BCUT2D eigenvalue weighted by atomic mass is 32.1. The number of methoxy groups -OCH3 is 1. The van der Waals surface area contributed by atoms with Gasteiger partial charge in [0.15, 0.2) is 0 Å². The maximum atomic E-state index is 14.0. The molecule has 0 saturated carbocycles. The van der Waals surface area contributed by atoms with Gasteiger partial charge < -0.3 is 9.84 Å². The minimum atomic E-state index is -0.971. The van der Waals surface area contributed by atoms with Gasteiger partial charge in [-0.1, -0.05) is 18.2 Å². The normalized spacial score (nSPS) is 14.1. The van der Waals surface area contributed by atoms with Crippen molar-refractivity contribution < 1.29 is 19.0 Å². The van der Waals surface area contributed by atoms with Gasteiger partial charge in [-0.3, -0.25) is 4.90 Å². The lowest BCUT2D eigenvalue weighted by atomic mass is 10.0. The molecule has 1 unspecified atom stereocenters. The third-order valence-corrected chi connectivity index (χ3v) is 3.33. The average molecular weight is 301 g/mol. The van der Waals surface area contributed by atoms with Crippen molar-refractivity contribution in [1.82, 2.24) is 4.90 Å². The van der Waals surface area contributed by atoms with Gasteiger partial charge in [0.2, 0.25) is 0 Å². The number of esters is 1. The van der Waals surface area contributed by atoms with Crippen molar-refractivity contribution in [3.05, 3.63) is 35.6 Å². The van der Waals surface area contributed by atoms with Crippen molar-refractivity contribution in [2.45, 2.75) is 25.6 Å². The summed E-state index contributed by atoms with van der Waals surface area (Å²) in [6.45, 7) is 1.95. The second-order valence-electron chi connectivity index (χ2n) is 4.39. The number of rotatable bonds is 7. The summed E-state index contributed by atoms with van der Waals surface area (Å²) < 4.78 is 18.7. The highest BCUT2D eigenvalue weighted by Gasteiger charge is 2.32. The van der Waals surface area contributed by atoms with Gasteiger partial charge >= 0.3 is 5.97 Å². The number of halogens is 1. The van der Waals surface area contributed by atoms with E-state index in [0.29, 0.717) is 18.7 Å². The molecule has 1 aromatic rings. The Kier molecular flexibility index (Phi) is 6.98. The minimum Gasteiger partial charge on any atom is -0.468 e. The topological polar surface area (TPSA) is 49.8 Å². The smallest absolute Gasteiger partial charge is 0.327 e. The van der Waals surface area contributed by atoms with Crippen LogP contribution in [0.4, 0.5) is 4.39 Å². The van der Waals surface area contributed by atoms with E-state index < -0.39 is 24.1 Å². The van der Waals surface area contributed by atoms with Crippen molar-refractivity contribution in [3.63, 3.8) is 0 Å². The van der Waals surface area contributed by atoms with Crippen LogP contribution < -0.4 is 0 Å². The molecular weight excluding hydrogens is 281 g/mol. The lowest BCUT2D eigenvalue weighted by Gasteiger charge is -2.32. The number of benzene rings is 1. The first-order chi connectivity index (χ1) is 9.52. The van der Waals surface area contributed by atoms with E-state index in [0.717, 1.165) is 0 Å². The Bertz CT molecular complexity index is 442. The van der Waals surface area contributed by atoms with E-state index in [4.69, 9.17) is 4.74 Å². The summed E-state index contributed by atoms with van der Waals surface area (Å²) in [5, 5.41) is 9.88. The number of aliphatic hydroxyl groups excluding tert-OH is 1. The van der Waals surface area contributed by atoms with Crippen LogP contribution in [-0.4, -0.2) is 41.6 Å². The number of nitrogens with zero attached hydrogens (tertiary/aromatic N) is 1. The average Bonchev–Trinajstić information content (AvgIpc) is 2.43. The summed E-state index contributed by atoms with van der Waals surface area (Å²) in [6, 6.07) is 5.03.